The van der Waals surface area contributed by atoms with Crippen LogP contribution in [0.5, 0.6) is 0 Å². The van der Waals surface area contributed by atoms with Gasteiger partial charge in [0.05, 0.1) is 30.1 Å². The SMILES string of the molecule is C=CCN(Cc1ccccc1)C(=O)[C@H]1[C@H]2C(=O)N([C@@H](CC)CO)C(C(=O)N(CC=C)C(C)CCC)C23CC[C@]1(CC)O3. The minimum absolute atomic E-state index is 0.0628. The maximum atomic E-state index is 14.6. The number of rotatable bonds is 15. The van der Waals surface area contributed by atoms with Gasteiger partial charge >= 0.3 is 0 Å². The highest BCUT2D eigenvalue weighted by atomic mass is 16.5. The van der Waals surface area contributed by atoms with Crippen molar-refractivity contribution in [3.05, 3.63) is 61.2 Å². The molecule has 0 saturated carbocycles. The van der Waals surface area contributed by atoms with E-state index in [1.54, 1.807) is 26.9 Å². The van der Waals surface area contributed by atoms with Crippen molar-refractivity contribution >= 4 is 17.7 Å². The largest absolute Gasteiger partial charge is 0.394 e. The Labute approximate surface area is 251 Å². The summed E-state index contributed by atoms with van der Waals surface area (Å²) < 4.78 is 6.98. The van der Waals surface area contributed by atoms with Crippen LogP contribution in [0, 0.1) is 11.8 Å². The molecule has 3 fully saturated rings. The highest BCUT2D eigenvalue weighted by molar-refractivity contribution is 5.99. The van der Waals surface area contributed by atoms with Crippen molar-refractivity contribution in [1.29, 1.82) is 0 Å². The zero-order valence-corrected chi connectivity index (χ0v) is 25.8. The molecule has 3 heterocycles. The van der Waals surface area contributed by atoms with Crippen molar-refractivity contribution in [3.8, 4) is 0 Å². The van der Waals surface area contributed by atoms with Crippen LogP contribution in [0.15, 0.2) is 55.6 Å². The molecule has 7 atom stereocenters. The average molecular weight is 580 g/mol. The van der Waals surface area contributed by atoms with Crippen molar-refractivity contribution < 1.29 is 24.2 Å². The Bertz CT molecular complexity index is 1150. The molecule has 1 aromatic rings. The number of hydrogen-bond acceptors (Lipinski definition) is 5. The van der Waals surface area contributed by atoms with E-state index in [9.17, 15) is 19.5 Å². The number of aliphatic hydroxyl groups excluding tert-OH is 1. The van der Waals surface area contributed by atoms with E-state index >= 15 is 0 Å². The van der Waals surface area contributed by atoms with Crippen LogP contribution in [0.3, 0.4) is 0 Å². The van der Waals surface area contributed by atoms with E-state index in [0.717, 1.165) is 18.4 Å². The van der Waals surface area contributed by atoms with Crippen molar-refractivity contribution in [3.63, 3.8) is 0 Å². The van der Waals surface area contributed by atoms with Crippen LogP contribution in [0.1, 0.15) is 71.8 Å². The second-order valence-corrected chi connectivity index (χ2v) is 12.2. The van der Waals surface area contributed by atoms with E-state index in [-0.39, 0.29) is 30.4 Å². The molecule has 1 N–H and O–H groups in total. The van der Waals surface area contributed by atoms with Gasteiger partial charge < -0.3 is 24.5 Å². The molecule has 3 aliphatic rings. The molecule has 0 aliphatic carbocycles. The fourth-order valence-electron chi connectivity index (χ4n) is 7.86. The second-order valence-electron chi connectivity index (χ2n) is 12.2. The van der Waals surface area contributed by atoms with Crippen LogP contribution >= 0.6 is 0 Å². The van der Waals surface area contributed by atoms with Gasteiger partial charge in [0.15, 0.2) is 0 Å². The molecular formula is C34H49N3O5. The Kier molecular flexibility index (Phi) is 9.99. The number of hydrogen-bond donors (Lipinski definition) is 1. The van der Waals surface area contributed by atoms with Crippen LogP contribution in [-0.4, -0.2) is 86.6 Å². The predicted molar refractivity (Wildman–Crippen MR) is 163 cm³/mol. The normalized spacial score (nSPS) is 29.2. The number of ether oxygens (including phenoxy) is 1. The van der Waals surface area contributed by atoms with Gasteiger partial charge in [-0.3, -0.25) is 14.4 Å². The first kappa shape index (κ1) is 32.0. The number of carbonyl (C=O) groups is 3. The molecule has 230 valence electrons. The first-order valence-electron chi connectivity index (χ1n) is 15.7. The molecule has 3 aliphatic heterocycles. The molecule has 1 spiro atoms. The third-order valence-corrected chi connectivity index (χ3v) is 9.92. The van der Waals surface area contributed by atoms with E-state index < -0.39 is 35.1 Å². The molecule has 8 nitrogen and oxygen atoms in total. The van der Waals surface area contributed by atoms with Crippen LogP contribution in [0.2, 0.25) is 0 Å². The summed E-state index contributed by atoms with van der Waals surface area (Å²) >= 11 is 0. The molecule has 3 saturated heterocycles. The topological polar surface area (TPSA) is 90.4 Å². The molecule has 42 heavy (non-hydrogen) atoms. The Morgan fingerprint density at radius 3 is 2.38 bits per heavy atom. The number of likely N-dealkylation sites (tertiary alicyclic amines) is 1. The van der Waals surface area contributed by atoms with Crippen LogP contribution < -0.4 is 0 Å². The van der Waals surface area contributed by atoms with E-state index in [4.69, 9.17) is 4.74 Å². The average Bonchev–Trinajstić information content (AvgIpc) is 3.60. The summed E-state index contributed by atoms with van der Waals surface area (Å²) in [5, 5.41) is 10.4. The van der Waals surface area contributed by atoms with Gasteiger partial charge in [0, 0.05) is 25.7 Å². The van der Waals surface area contributed by atoms with Gasteiger partial charge in [-0.2, -0.15) is 0 Å². The highest BCUT2D eigenvalue weighted by Crippen LogP contribution is 2.65. The van der Waals surface area contributed by atoms with Gasteiger partial charge in [0.1, 0.15) is 11.6 Å². The molecule has 0 radical (unpaired) electrons. The fraction of sp³-hybridized carbons (Fsp3) is 0.618. The summed E-state index contributed by atoms with van der Waals surface area (Å²) in [6.07, 6.45) is 7.29. The van der Waals surface area contributed by atoms with Gasteiger partial charge in [-0.05, 0) is 44.6 Å². The Balaban J connectivity index is 1.82. The number of fused-ring (bicyclic) bond motifs is 1. The quantitative estimate of drug-likeness (QED) is 0.313. The zero-order valence-electron chi connectivity index (χ0n) is 25.8. The molecule has 4 rings (SSSR count). The van der Waals surface area contributed by atoms with Crippen molar-refractivity contribution in [2.24, 2.45) is 11.8 Å². The fourth-order valence-corrected chi connectivity index (χ4v) is 7.86. The maximum Gasteiger partial charge on any atom is 0.248 e. The number of benzene rings is 1. The second kappa shape index (κ2) is 13.1. The number of nitrogens with zero attached hydrogens (tertiary/aromatic N) is 3. The molecular weight excluding hydrogens is 530 g/mol. The van der Waals surface area contributed by atoms with Crippen molar-refractivity contribution in [2.45, 2.75) is 102 Å². The van der Waals surface area contributed by atoms with Gasteiger partial charge in [-0.1, -0.05) is 69.7 Å². The van der Waals surface area contributed by atoms with Gasteiger partial charge in [-0.15, -0.1) is 13.2 Å². The molecule has 0 aromatic heterocycles. The first-order chi connectivity index (χ1) is 20.2. The van der Waals surface area contributed by atoms with Crippen LogP contribution in [0.4, 0.5) is 0 Å². The number of amides is 3. The lowest BCUT2D eigenvalue weighted by atomic mass is 9.64. The van der Waals surface area contributed by atoms with E-state index in [1.807, 2.05) is 51.1 Å². The number of aliphatic hydroxyl groups is 1. The van der Waals surface area contributed by atoms with Crippen LogP contribution in [-0.2, 0) is 25.7 Å². The monoisotopic (exact) mass is 579 g/mol. The van der Waals surface area contributed by atoms with E-state index in [1.165, 1.54) is 0 Å². The third kappa shape index (κ3) is 5.21. The van der Waals surface area contributed by atoms with Crippen molar-refractivity contribution in [1.82, 2.24) is 14.7 Å². The maximum absolute atomic E-state index is 14.6. The first-order valence-corrected chi connectivity index (χ1v) is 15.7. The van der Waals surface area contributed by atoms with Crippen LogP contribution in [0.25, 0.3) is 0 Å². The Morgan fingerprint density at radius 1 is 1.12 bits per heavy atom. The number of carbonyl (C=O) groups excluding carboxylic acids is 3. The van der Waals surface area contributed by atoms with Gasteiger partial charge in [-0.25, -0.2) is 0 Å². The summed E-state index contributed by atoms with van der Waals surface area (Å²) in [6, 6.07) is 8.25. The van der Waals surface area contributed by atoms with Gasteiger partial charge in [0.25, 0.3) is 0 Å². The molecule has 8 heteroatoms. The summed E-state index contributed by atoms with van der Waals surface area (Å²) in [5.74, 6) is -2.13. The molecule has 3 amide bonds. The summed E-state index contributed by atoms with van der Waals surface area (Å²) in [7, 11) is 0. The lowest BCUT2D eigenvalue weighted by Gasteiger charge is -2.41. The van der Waals surface area contributed by atoms with Crippen molar-refractivity contribution in [2.75, 3.05) is 19.7 Å². The van der Waals surface area contributed by atoms with E-state index in [0.29, 0.717) is 45.3 Å². The molecule has 1 aromatic carbocycles. The summed E-state index contributed by atoms with van der Waals surface area (Å²) in [5.41, 5.74) is -0.983. The minimum atomic E-state index is -1.13. The van der Waals surface area contributed by atoms with E-state index in [2.05, 4.69) is 20.1 Å². The lowest BCUT2D eigenvalue weighted by Crippen LogP contribution is -2.60. The molecule has 2 bridgehead atoms. The lowest BCUT2D eigenvalue weighted by molar-refractivity contribution is -0.159. The standard InChI is InChI=1S/C34H49N3O5/c1-7-15-24(6)36(21-9-3)32(41)29-34-19-18-33(11-5,42-34)27(28(34)31(40)37(29)26(10-4)23-38)30(39)35(20-8-2)22-25-16-13-12-14-17-25/h8-9,12-14,16-17,24,26-29,38H,2-3,7,10-11,15,18-23H2,1,4-6H3/t24?,26-,27+,28-,29?,33-,34?/m0/s1. The smallest absolute Gasteiger partial charge is 0.248 e. The molecule has 3 unspecified atom stereocenters. The minimum Gasteiger partial charge on any atom is -0.394 e. The zero-order chi connectivity index (χ0) is 30.7. The Hall–Kier alpha value is -2.97. The highest BCUT2D eigenvalue weighted by Gasteiger charge is 2.79. The summed E-state index contributed by atoms with van der Waals surface area (Å²) in [4.78, 5) is 48.9. The Morgan fingerprint density at radius 2 is 1.81 bits per heavy atom. The third-order valence-electron chi connectivity index (χ3n) is 9.92. The summed E-state index contributed by atoms with van der Waals surface area (Å²) in [6.45, 7) is 16.6. The predicted octanol–water partition coefficient (Wildman–Crippen LogP) is 4.33. The van der Waals surface area contributed by atoms with Gasteiger partial charge in [0.2, 0.25) is 17.7 Å².